The summed E-state index contributed by atoms with van der Waals surface area (Å²) in [4.78, 5) is 16.1. The lowest BCUT2D eigenvalue weighted by Crippen LogP contribution is -2.50. The second kappa shape index (κ2) is 7.86. The number of carbonyl (C=O) groups is 1. The maximum Gasteiger partial charge on any atom is 0.416 e. The quantitative estimate of drug-likeness (QED) is 0.883. The topological polar surface area (TPSA) is 35.6 Å². The molecule has 1 aromatic rings. The molecule has 4 nitrogen and oxygen atoms in total. The number of nitrogens with zero attached hydrogens (tertiary/aromatic N) is 2. The van der Waals surface area contributed by atoms with Gasteiger partial charge in [-0.15, -0.1) is 0 Å². The Labute approximate surface area is 149 Å². The summed E-state index contributed by atoms with van der Waals surface area (Å²) in [5.74, 6) is 2.17. The number of benzene rings is 1. The van der Waals surface area contributed by atoms with E-state index < -0.39 is 11.7 Å². The summed E-state index contributed by atoms with van der Waals surface area (Å²) in [6.07, 6.45) is -3.84. The van der Waals surface area contributed by atoms with E-state index in [0.29, 0.717) is 38.3 Å². The van der Waals surface area contributed by atoms with Crippen molar-refractivity contribution in [1.82, 2.24) is 10.2 Å². The molecule has 1 aromatic carbocycles. The van der Waals surface area contributed by atoms with E-state index in [1.807, 2.05) is 21.6 Å². The largest absolute Gasteiger partial charge is 0.416 e. The number of amides is 1. The fourth-order valence-electron chi connectivity index (χ4n) is 3.18. The van der Waals surface area contributed by atoms with E-state index in [1.165, 1.54) is 12.1 Å². The van der Waals surface area contributed by atoms with Crippen molar-refractivity contribution < 1.29 is 18.0 Å². The second-order valence-corrected chi connectivity index (χ2v) is 7.50. The molecule has 138 valence electrons. The first-order valence-electron chi connectivity index (χ1n) is 8.44. The molecule has 0 radical (unpaired) electrons. The normalized spacial score (nSPS) is 22.1. The zero-order chi connectivity index (χ0) is 17.9. The standard InChI is InChI=1S/C17H22F3N3OS/c18-17(19,20)13-2-1-3-15(10-13)22-5-7-23(8-6-22)16(24)11-14-12-25-9-4-21-14/h1-3,10,14,21H,4-9,11-12H2. The number of carbonyl (C=O) groups excluding carboxylic acids is 1. The van der Waals surface area contributed by atoms with Gasteiger partial charge in [0.2, 0.25) is 5.91 Å². The minimum absolute atomic E-state index is 0.128. The molecule has 0 bridgehead atoms. The predicted molar refractivity (Wildman–Crippen MR) is 94.0 cm³/mol. The number of thioether (sulfide) groups is 1. The molecular weight excluding hydrogens is 351 g/mol. The lowest BCUT2D eigenvalue weighted by atomic mass is 10.1. The molecule has 25 heavy (non-hydrogen) atoms. The van der Waals surface area contributed by atoms with E-state index in [9.17, 15) is 18.0 Å². The van der Waals surface area contributed by atoms with Gasteiger partial charge in [-0.3, -0.25) is 4.79 Å². The van der Waals surface area contributed by atoms with E-state index in [4.69, 9.17) is 0 Å². The van der Waals surface area contributed by atoms with Crippen molar-refractivity contribution in [3.63, 3.8) is 0 Å². The van der Waals surface area contributed by atoms with E-state index in [-0.39, 0.29) is 11.9 Å². The lowest BCUT2D eigenvalue weighted by Gasteiger charge is -2.37. The molecule has 2 heterocycles. The Morgan fingerprint density at radius 3 is 2.64 bits per heavy atom. The van der Waals surface area contributed by atoms with Crippen molar-refractivity contribution in [3.05, 3.63) is 29.8 Å². The molecule has 1 amide bonds. The van der Waals surface area contributed by atoms with Crippen LogP contribution in [0.15, 0.2) is 24.3 Å². The Kier molecular flexibility index (Phi) is 5.78. The van der Waals surface area contributed by atoms with Crippen LogP contribution >= 0.6 is 11.8 Å². The highest BCUT2D eigenvalue weighted by atomic mass is 32.2. The molecule has 0 aliphatic carbocycles. The predicted octanol–water partition coefficient (Wildman–Crippen LogP) is 2.45. The van der Waals surface area contributed by atoms with Gasteiger partial charge in [0.05, 0.1) is 5.56 Å². The third-order valence-electron chi connectivity index (χ3n) is 4.59. The highest BCUT2D eigenvalue weighted by Gasteiger charge is 2.31. The van der Waals surface area contributed by atoms with Gasteiger partial charge in [0.15, 0.2) is 0 Å². The first-order chi connectivity index (χ1) is 11.9. The van der Waals surface area contributed by atoms with Gasteiger partial charge >= 0.3 is 6.18 Å². The molecular formula is C17H22F3N3OS. The van der Waals surface area contributed by atoms with Crippen molar-refractivity contribution >= 4 is 23.4 Å². The van der Waals surface area contributed by atoms with Crippen LogP contribution in [-0.2, 0) is 11.0 Å². The molecule has 3 rings (SSSR count). The molecule has 1 atom stereocenters. The Morgan fingerprint density at radius 1 is 1.24 bits per heavy atom. The summed E-state index contributed by atoms with van der Waals surface area (Å²) < 4.78 is 38.5. The molecule has 0 saturated carbocycles. The fraction of sp³-hybridized carbons (Fsp3) is 0.588. The zero-order valence-corrected chi connectivity index (χ0v) is 14.7. The number of hydrogen-bond donors (Lipinski definition) is 1. The lowest BCUT2D eigenvalue weighted by molar-refractivity contribution is -0.137. The van der Waals surface area contributed by atoms with Crippen LogP contribution in [0, 0.1) is 0 Å². The van der Waals surface area contributed by atoms with Gasteiger partial charge in [0.1, 0.15) is 0 Å². The average Bonchev–Trinajstić information content (AvgIpc) is 2.62. The van der Waals surface area contributed by atoms with Crippen molar-refractivity contribution in [3.8, 4) is 0 Å². The summed E-state index contributed by atoms with van der Waals surface area (Å²) in [5, 5.41) is 3.36. The molecule has 1 unspecified atom stereocenters. The maximum absolute atomic E-state index is 12.8. The van der Waals surface area contributed by atoms with Gasteiger partial charge in [-0.1, -0.05) is 6.07 Å². The summed E-state index contributed by atoms with van der Waals surface area (Å²) in [6.45, 7) is 3.15. The highest BCUT2D eigenvalue weighted by Crippen LogP contribution is 2.31. The Bertz CT molecular complexity index is 597. The van der Waals surface area contributed by atoms with Crippen LogP contribution < -0.4 is 10.2 Å². The summed E-state index contributed by atoms with van der Waals surface area (Å²) >= 11 is 1.86. The minimum Gasteiger partial charge on any atom is -0.368 e. The Morgan fingerprint density at radius 2 is 2.00 bits per heavy atom. The van der Waals surface area contributed by atoms with Crippen LogP contribution in [0.3, 0.4) is 0 Å². The van der Waals surface area contributed by atoms with Crippen molar-refractivity contribution in [1.29, 1.82) is 0 Å². The number of rotatable bonds is 3. The molecule has 2 fully saturated rings. The second-order valence-electron chi connectivity index (χ2n) is 6.35. The van der Waals surface area contributed by atoms with E-state index in [1.54, 1.807) is 6.07 Å². The Balaban J connectivity index is 1.54. The molecule has 0 spiro atoms. The van der Waals surface area contributed by atoms with Gasteiger partial charge in [-0.05, 0) is 18.2 Å². The highest BCUT2D eigenvalue weighted by molar-refractivity contribution is 7.99. The number of hydrogen-bond acceptors (Lipinski definition) is 4. The maximum atomic E-state index is 12.8. The van der Waals surface area contributed by atoms with Gasteiger partial charge in [-0.2, -0.15) is 24.9 Å². The molecule has 1 N–H and O–H groups in total. The number of anilines is 1. The smallest absolute Gasteiger partial charge is 0.368 e. The van der Waals surface area contributed by atoms with Gasteiger partial charge in [-0.25, -0.2) is 0 Å². The zero-order valence-electron chi connectivity index (χ0n) is 13.9. The van der Waals surface area contributed by atoms with Gasteiger partial charge in [0, 0.05) is 62.4 Å². The van der Waals surface area contributed by atoms with Crippen LogP contribution in [0.25, 0.3) is 0 Å². The summed E-state index contributed by atoms with van der Waals surface area (Å²) in [6, 6.07) is 5.62. The number of nitrogens with one attached hydrogen (secondary N) is 1. The third-order valence-corrected chi connectivity index (χ3v) is 5.72. The molecule has 2 aliphatic heterocycles. The first kappa shape index (κ1) is 18.4. The Hall–Kier alpha value is -1.41. The summed E-state index contributed by atoms with van der Waals surface area (Å²) in [5.41, 5.74) is -0.0725. The van der Waals surface area contributed by atoms with Crippen LogP contribution in [0.2, 0.25) is 0 Å². The van der Waals surface area contributed by atoms with E-state index >= 15 is 0 Å². The first-order valence-corrected chi connectivity index (χ1v) is 9.60. The van der Waals surface area contributed by atoms with E-state index in [2.05, 4.69) is 5.32 Å². The fourth-order valence-corrected chi connectivity index (χ4v) is 4.13. The molecule has 2 aliphatic rings. The number of alkyl halides is 3. The SMILES string of the molecule is O=C(CC1CSCCN1)N1CCN(c2cccc(C(F)(F)F)c2)CC1. The van der Waals surface area contributed by atoms with Crippen molar-refractivity contribution in [2.45, 2.75) is 18.6 Å². The summed E-state index contributed by atoms with van der Waals surface area (Å²) in [7, 11) is 0. The average molecular weight is 373 g/mol. The van der Waals surface area contributed by atoms with Crippen LogP contribution in [-0.4, -0.2) is 61.1 Å². The van der Waals surface area contributed by atoms with Crippen LogP contribution in [0.1, 0.15) is 12.0 Å². The number of halogens is 3. The van der Waals surface area contributed by atoms with E-state index in [0.717, 1.165) is 24.1 Å². The molecule has 2 saturated heterocycles. The third kappa shape index (κ3) is 4.82. The van der Waals surface area contributed by atoms with Gasteiger partial charge < -0.3 is 15.1 Å². The van der Waals surface area contributed by atoms with Gasteiger partial charge in [0.25, 0.3) is 0 Å². The van der Waals surface area contributed by atoms with Crippen molar-refractivity contribution in [2.24, 2.45) is 0 Å². The van der Waals surface area contributed by atoms with Crippen LogP contribution in [0.4, 0.5) is 18.9 Å². The minimum atomic E-state index is -4.33. The van der Waals surface area contributed by atoms with Crippen LogP contribution in [0.5, 0.6) is 0 Å². The molecule has 8 heteroatoms. The monoisotopic (exact) mass is 373 g/mol. The van der Waals surface area contributed by atoms with Crippen molar-refractivity contribution in [2.75, 3.05) is 49.1 Å². The number of piperazine rings is 1. The molecule has 0 aromatic heterocycles.